The first-order valence-corrected chi connectivity index (χ1v) is 15.5. The molecule has 0 amide bonds. The number of hydrogen-bond donors (Lipinski definition) is 0. The normalized spacial score (nSPS) is 23.9. The van der Waals surface area contributed by atoms with Gasteiger partial charge in [0, 0.05) is 31.1 Å². The highest BCUT2D eigenvalue weighted by molar-refractivity contribution is 5.60. The minimum absolute atomic E-state index is 0.270. The predicted octanol–water partition coefficient (Wildman–Crippen LogP) is 6.03. The van der Waals surface area contributed by atoms with Crippen molar-refractivity contribution in [3.63, 3.8) is 0 Å². The lowest BCUT2D eigenvalue weighted by molar-refractivity contribution is 0.394. The van der Waals surface area contributed by atoms with E-state index in [-0.39, 0.29) is 11.5 Å². The minimum atomic E-state index is -0.388. The predicted molar refractivity (Wildman–Crippen MR) is 163 cm³/mol. The summed E-state index contributed by atoms with van der Waals surface area (Å²) in [5.41, 5.74) is 10.8. The van der Waals surface area contributed by atoms with Crippen molar-refractivity contribution >= 4 is 0 Å². The molecule has 0 N–H and O–H groups in total. The molecule has 4 unspecified atom stereocenters. The van der Waals surface area contributed by atoms with Crippen molar-refractivity contribution in [2.75, 3.05) is 26.4 Å². The van der Waals surface area contributed by atoms with Gasteiger partial charge >= 0.3 is 0 Å². The van der Waals surface area contributed by atoms with Crippen molar-refractivity contribution in [1.82, 2.24) is 0 Å². The molecule has 0 aromatic heterocycles. The third-order valence-corrected chi connectivity index (χ3v) is 9.42. The molecule has 4 heterocycles. The lowest BCUT2D eigenvalue weighted by Crippen LogP contribution is -2.35. The largest absolute Gasteiger partial charge is 0.373 e. The topological polar surface area (TPSA) is 50.1 Å². The first kappa shape index (κ1) is 26.4. The van der Waals surface area contributed by atoms with Crippen LogP contribution in [0.15, 0.2) is 97.1 Å². The van der Waals surface area contributed by atoms with E-state index in [1.807, 2.05) is 0 Å². The van der Waals surface area contributed by atoms with Crippen molar-refractivity contribution in [2.24, 2.45) is 0 Å². The smallest absolute Gasteiger partial charge is 0.0850 e. The highest BCUT2D eigenvalue weighted by atomic mass is 16.6. The Kier molecular flexibility index (Phi) is 6.96. The van der Waals surface area contributed by atoms with E-state index >= 15 is 0 Å². The van der Waals surface area contributed by atoms with Crippen molar-refractivity contribution in [3.05, 3.63) is 142 Å². The summed E-state index contributed by atoms with van der Waals surface area (Å²) in [5, 5.41) is 0. The average Bonchev–Trinajstić information content (AvgIpc) is 3.82. The van der Waals surface area contributed by atoms with Crippen molar-refractivity contribution in [1.29, 1.82) is 0 Å². The average molecular weight is 559 g/mol. The Morgan fingerprint density at radius 1 is 0.500 bits per heavy atom. The quantitative estimate of drug-likeness (QED) is 0.149. The van der Waals surface area contributed by atoms with Gasteiger partial charge < -0.3 is 18.9 Å². The van der Waals surface area contributed by atoms with E-state index in [4.69, 9.17) is 18.9 Å². The fourth-order valence-electron chi connectivity index (χ4n) is 6.98. The van der Waals surface area contributed by atoms with Crippen LogP contribution in [0.3, 0.4) is 0 Å². The van der Waals surface area contributed by atoms with E-state index in [0.717, 1.165) is 58.5 Å². The molecule has 4 aromatic rings. The van der Waals surface area contributed by atoms with Crippen LogP contribution < -0.4 is 0 Å². The van der Waals surface area contributed by atoms with Gasteiger partial charge in [-0.3, -0.25) is 0 Å². The van der Waals surface area contributed by atoms with E-state index < -0.39 is 0 Å². The molecule has 0 aliphatic carbocycles. The van der Waals surface area contributed by atoms with Crippen molar-refractivity contribution in [2.45, 2.75) is 61.9 Å². The maximum atomic E-state index is 5.95. The molecule has 214 valence electrons. The molecule has 4 nitrogen and oxygen atoms in total. The van der Waals surface area contributed by atoms with Gasteiger partial charge in [-0.2, -0.15) is 0 Å². The molecule has 0 radical (unpaired) electrons. The van der Waals surface area contributed by atoms with Crippen LogP contribution in [0.1, 0.15) is 44.5 Å². The number of hydrogen-bond acceptors (Lipinski definition) is 4. The van der Waals surface area contributed by atoms with Crippen molar-refractivity contribution in [3.8, 4) is 0 Å². The van der Waals surface area contributed by atoms with E-state index in [9.17, 15) is 0 Å². The van der Waals surface area contributed by atoms with E-state index in [2.05, 4.69) is 97.1 Å². The maximum absolute atomic E-state index is 5.95. The summed E-state index contributed by atoms with van der Waals surface area (Å²) in [6, 6.07) is 35.9. The van der Waals surface area contributed by atoms with Gasteiger partial charge in [-0.1, -0.05) is 97.1 Å². The summed E-state index contributed by atoms with van der Waals surface area (Å²) in [4.78, 5) is 0. The lowest BCUT2D eigenvalue weighted by atomic mass is 9.63. The van der Waals surface area contributed by atoms with Gasteiger partial charge in [0.05, 0.1) is 50.8 Å². The SMILES string of the molecule is c1ccc(CC(c2ccccc2)(c2ccccc2)c2cc(CC3CO3)c(CC3CO3)c(CC3CO3)c2CC2CO2)cc1. The second-order valence-corrected chi connectivity index (χ2v) is 12.5. The molecule has 4 heteroatoms. The molecule has 4 saturated heterocycles. The summed E-state index contributed by atoms with van der Waals surface area (Å²) in [7, 11) is 0. The van der Waals surface area contributed by atoms with Gasteiger partial charge in [0.15, 0.2) is 0 Å². The first-order chi connectivity index (χ1) is 20.8. The van der Waals surface area contributed by atoms with E-state index in [1.54, 1.807) is 0 Å². The molecule has 0 bridgehead atoms. The molecule has 8 rings (SSSR count). The van der Waals surface area contributed by atoms with Crippen LogP contribution in [-0.4, -0.2) is 50.8 Å². The fourth-order valence-corrected chi connectivity index (χ4v) is 6.98. The summed E-state index contributed by atoms with van der Waals surface area (Å²) in [6.45, 7) is 3.38. The molecule has 4 aliphatic rings. The summed E-state index contributed by atoms with van der Waals surface area (Å²) in [5.74, 6) is 0. The number of ether oxygens (including phenoxy) is 4. The Labute approximate surface area is 248 Å². The zero-order chi connectivity index (χ0) is 27.9. The van der Waals surface area contributed by atoms with E-state index in [0.29, 0.717) is 18.3 Å². The molecule has 4 atom stereocenters. The minimum Gasteiger partial charge on any atom is -0.373 e. The van der Waals surface area contributed by atoms with Crippen LogP contribution in [0.4, 0.5) is 0 Å². The van der Waals surface area contributed by atoms with Crippen LogP contribution >= 0.6 is 0 Å². The molecule has 4 fully saturated rings. The Bertz CT molecular complexity index is 1480. The summed E-state index contributed by atoms with van der Waals surface area (Å²) in [6.07, 6.45) is 5.82. The second-order valence-electron chi connectivity index (χ2n) is 12.5. The van der Waals surface area contributed by atoms with Crippen LogP contribution in [0.2, 0.25) is 0 Å². The zero-order valence-corrected chi connectivity index (χ0v) is 24.0. The molecule has 42 heavy (non-hydrogen) atoms. The Morgan fingerprint density at radius 2 is 0.929 bits per heavy atom. The second kappa shape index (κ2) is 11.1. The molecular weight excluding hydrogens is 520 g/mol. The third kappa shape index (κ3) is 5.57. The highest BCUT2D eigenvalue weighted by Gasteiger charge is 2.43. The number of rotatable bonds is 13. The Balaban J connectivity index is 1.43. The van der Waals surface area contributed by atoms with E-state index in [1.165, 1.54) is 44.5 Å². The molecule has 4 aliphatic heterocycles. The van der Waals surface area contributed by atoms with Gasteiger partial charge in [0.2, 0.25) is 0 Å². The van der Waals surface area contributed by atoms with Gasteiger partial charge in [-0.25, -0.2) is 0 Å². The molecular formula is C38H38O4. The highest BCUT2D eigenvalue weighted by Crippen LogP contribution is 2.47. The molecule has 4 aromatic carbocycles. The maximum Gasteiger partial charge on any atom is 0.0850 e. The van der Waals surface area contributed by atoms with Crippen LogP contribution in [-0.2, 0) is 56.5 Å². The standard InChI is InChI=1S/C38H38O4/c1-4-10-26(11-5-1)21-38(28-12-6-2-7-13-28,29-14-8-3-9-15-29)37-17-27(16-30-22-39-30)34(18-31-23-40-31)35(19-32-24-41-32)36(37)20-33-25-42-33/h1-15,17,30-33H,16,18-25H2. The third-order valence-electron chi connectivity index (χ3n) is 9.42. The summed E-state index contributed by atoms with van der Waals surface area (Å²) >= 11 is 0. The van der Waals surface area contributed by atoms with Crippen LogP contribution in [0.25, 0.3) is 0 Å². The number of benzene rings is 4. The van der Waals surface area contributed by atoms with Crippen LogP contribution in [0, 0.1) is 0 Å². The Morgan fingerprint density at radius 3 is 1.43 bits per heavy atom. The van der Waals surface area contributed by atoms with Crippen LogP contribution in [0.5, 0.6) is 0 Å². The fraction of sp³-hybridized carbons (Fsp3) is 0.368. The van der Waals surface area contributed by atoms with Gasteiger partial charge in [-0.15, -0.1) is 0 Å². The number of epoxide rings is 4. The van der Waals surface area contributed by atoms with Gasteiger partial charge in [-0.05, 0) is 50.9 Å². The summed E-state index contributed by atoms with van der Waals surface area (Å²) < 4.78 is 23.5. The van der Waals surface area contributed by atoms with Gasteiger partial charge in [0.1, 0.15) is 0 Å². The zero-order valence-electron chi connectivity index (χ0n) is 24.0. The molecule has 0 spiro atoms. The monoisotopic (exact) mass is 558 g/mol. The lowest BCUT2D eigenvalue weighted by Gasteiger charge is -2.39. The van der Waals surface area contributed by atoms with Crippen molar-refractivity contribution < 1.29 is 18.9 Å². The molecule has 0 saturated carbocycles. The first-order valence-electron chi connectivity index (χ1n) is 15.5. The van der Waals surface area contributed by atoms with Gasteiger partial charge in [0.25, 0.3) is 0 Å². The Hall–Kier alpha value is -3.28.